The highest BCUT2D eigenvalue weighted by Crippen LogP contribution is 2.24. The highest BCUT2D eigenvalue weighted by molar-refractivity contribution is 5.76. The molecule has 0 aliphatic rings. The molecule has 0 fully saturated rings. The molecule has 55 heavy (non-hydrogen) atoms. The zero-order valence-corrected chi connectivity index (χ0v) is 37.7. The molecule has 0 rings (SSSR count). The van der Waals surface area contributed by atoms with E-state index in [-0.39, 0.29) is 11.9 Å². The second-order valence-electron chi connectivity index (χ2n) is 17.0. The molecule has 326 valence electrons. The van der Waals surface area contributed by atoms with Gasteiger partial charge in [-0.05, 0) is 69.6 Å². The van der Waals surface area contributed by atoms with Crippen LogP contribution < -0.4 is 0 Å². The van der Waals surface area contributed by atoms with Crippen molar-refractivity contribution in [1.29, 1.82) is 0 Å². The molecular formula is C49H95NO5. The molecule has 1 amide bonds. The maximum absolute atomic E-state index is 12.9. The number of nitrogens with zero attached hydrogens (tertiary/aromatic N) is 1. The summed E-state index contributed by atoms with van der Waals surface area (Å²) in [5.74, 6) is 1.81. The number of amides is 1. The van der Waals surface area contributed by atoms with Crippen LogP contribution in [0.2, 0.25) is 0 Å². The molecule has 0 spiro atoms. The summed E-state index contributed by atoms with van der Waals surface area (Å²) in [5.41, 5.74) is 0. The van der Waals surface area contributed by atoms with Crippen molar-refractivity contribution in [2.24, 2.45) is 11.8 Å². The summed E-state index contributed by atoms with van der Waals surface area (Å²) in [6.45, 7) is 14.1. The summed E-state index contributed by atoms with van der Waals surface area (Å²) in [7, 11) is 0. The van der Waals surface area contributed by atoms with Crippen LogP contribution in [0, 0.1) is 11.8 Å². The molecule has 0 N–H and O–H groups in total. The molecule has 0 aliphatic carbocycles. The van der Waals surface area contributed by atoms with Gasteiger partial charge in [0.1, 0.15) is 0 Å². The third kappa shape index (κ3) is 36.5. The van der Waals surface area contributed by atoms with Gasteiger partial charge >= 0.3 is 11.9 Å². The van der Waals surface area contributed by atoms with E-state index in [2.05, 4.69) is 39.5 Å². The average molecular weight is 778 g/mol. The fourth-order valence-electron chi connectivity index (χ4n) is 7.91. The van der Waals surface area contributed by atoms with Gasteiger partial charge in [-0.25, -0.2) is 0 Å². The van der Waals surface area contributed by atoms with E-state index >= 15 is 0 Å². The number of esters is 2. The molecule has 6 nitrogen and oxygen atoms in total. The van der Waals surface area contributed by atoms with Crippen LogP contribution in [0.15, 0.2) is 0 Å². The molecule has 0 bridgehead atoms. The van der Waals surface area contributed by atoms with Crippen LogP contribution in [0.5, 0.6) is 0 Å². The predicted molar refractivity (Wildman–Crippen MR) is 235 cm³/mol. The summed E-state index contributed by atoms with van der Waals surface area (Å²) in [4.78, 5) is 39.6. The molecule has 0 radical (unpaired) electrons. The molecule has 6 heteroatoms. The largest absolute Gasteiger partial charge is 0.466 e. The van der Waals surface area contributed by atoms with Crippen LogP contribution in [0.3, 0.4) is 0 Å². The van der Waals surface area contributed by atoms with E-state index in [0.717, 1.165) is 115 Å². The smallest absolute Gasteiger partial charge is 0.305 e. The van der Waals surface area contributed by atoms with Crippen LogP contribution in [-0.2, 0) is 23.9 Å². The second-order valence-corrected chi connectivity index (χ2v) is 17.0. The van der Waals surface area contributed by atoms with Crippen molar-refractivity contribution in [1.82, 2.24) is 4.90 Å². The topological polar surface area (TPSA) is 72.9 Å². The van der Waals surface area contributed by atoms with Gasteiger partial charge in [-0.3, -0.25) is 14.4 Å². The summed E-state index contributed by atoms with van der Waals surface area (Å²) < 4.78 is 11.2. The van der Waals surface area contributed by atoms with Crippen molar-refractivity contribution in [3.8, 4) is 0 Å². The Morgan fingerprint density at radius 3 is 1.05 bits per heavy atom. The first-order valence-corrected chi connectivity index (χ1v) is 24.5. The lowest BCUT2D eigenvalue weighted by Gasteiger charge is -2.23. The van der Waals surface area contributed by atoms with Gasteiger partial charge < -0.3 is 14.4 Å². The van der Waals surface area contributed by atoms with Gasteiger partial charge in [0.05, 0.1) is 13.2 Å². The van der Waals surface area contributed by atoms with Crippen molar-refractivity contribution in [2.45, 2.75) is 259 Å². The Bertz CT molecular complexity index is 769. The van der Waals surface area contributed by atoms with Crippen LogP contribution in [0.25, 0.3) is 0 Å². The van der Waals surface area contributed by atoms with Gasteiger partial charge in [0.15, 0.2) is 0 Å². The van der Waals surface area contributed by atoms with E-state index in [0.29, 0.717) is 38.4 Å². The van der Waals surface area contributed by atoms with Crippen LogP contribution in [-0.4, -0.2) is 49.0 Å². The summed E-state index contributed by atoms with van der Waals surface area (Å²) >= 11 is 0. The van der Waals surface area contributed by atoms with Gasteiger partial charge in [0, 0.05) is 32.4 Å². The van der Waals surface area contributed by atoms with Crippen LogP contribution in [0.4, 0.5) is 0 Å². The SMILES string of the molecule is CCCCCC(CCCCC)CCCOC(=O)CCCCCCCN(CCCCCCCC(=O)OCCCC(CCCCC)CCCCC)C(=O)CCCC. The first-order valence-electron chi connectivity index (χ1n) is 24.5. The summed E-state index contributed by atoms with van der Waals surface area (Å²) in [5, 5.41) is 0. The minimum atomic E-state index is -0.0361. The number of rotatable bonds is 43. The number of unbranched alkanes of at least 4 members (excludes halogenated alkanes) is 17. The molecule has 0 unspecified atom stereocenters. The quantitative estimate of drug-likeness (QED) is 0.0455. The van der Waals surface area contributed by atoms with Crippen molar-refractivity contribution in [3.63, 3.8) is 0 Å². The first-order chi connectivity index (χ1) is 26.9. The van der Waals surface area contributed by atoms with Gasteiger partial charge in [0.2, 0.25) is 5.91 Å². The van der Waals surface area contributed by atoms with Crippen molar-refractivity contribution in [2.75, 3.05) is 26.3 Å². The molecule has 0 atom stereocenters. The monoisotopic (exact) mass is 778 g/mol. The van der Waals surface area contributed by atoms with E-state index in [1.165, 1.54) is 116 Å². The third-order valence-electron chi connectivity index (χ3n) is 11.6. The fourth-order valence-corrected chi connectivity index (χ4v) is 7.91. The molecule has 0 aromatic rings. The Labute approximate surface area is 343 Å². The lowest BCUT2D eigenvalue weighted by molar-refractivity contribution is -0.144. The zero-order valence-electron chi connectivity index (χ0n) is 37.7. The number of carbonyl (C=O) groups is 3. The predicted octanol–water partition coefficient (Wildman–Crippen LogP) is 14.9. The number of hydrogen-bond donors (Lipinski definition) is 0. The molecule has 0 saturated carbocycles. The number of hydrogen-bond acceptors (Lipinski definition) is 5. The lowest BCUT2D eigenvalue weighted by Crippen LogP contribution is -2.32. The minimum absolute atomic E-state index is 0.0361. The van der Waals surface area contributed by atoms with Crippen LogP contribution in [0.1, 0.15) is 259 Å². The highest BCUT2D eigenvalue weighted by atomic mass is 16.5. The number of ether oxygens (including phenoxy) is 2. The Morgan fingerprint density at radius 2 is 0.691 bits per heavy atom. The van der Waals surface area contributed by atoms with Crippen molar-refractivity contribution in [3.05, 3.63) is 0 Å². The van der Waals surface area contributed by atoms with Gasteiger partial charge in [-0.15, -0.1) is 0 Å². The summed E-state index contributed by atoms with van der Waals surface area (Å²) in [6.07, 6.45) is 39.5. The highest BCUT2D eigenvalue weighted by Gasteiger charge is 2.14. The minimum Gasteiger partial charge on any atom is -0.466 e. The van der Waals surface area contributed by atoms with E-state index in [1.54, 1.807) is 0 Å². The summed E-state index contributed by atoms with van der Waals surface area (Å²) in [6, 6.07) is 0. The van der Waals surface area contributed by atoms with E-state index < -0.39 is 0 Å². The maximum Gasteiger partial charge on any atom is 0.305 e. The molecule has 0 aliphatic heterocycles. The van der Waals surface area contributed by atoms with E-state index in [4.69, 9.17) is 9.47 Å². The average Bonchev–Trinajstić information content (AvgIpc) is 3.18. The Hall–Kier alpha value is -1.59. The maximum atomic E-state index is 12.9. The van der Waals surface area contributed by atoms with Crippen molar-refractivity contribution < 1.29 is 23.9 Å². The second kappa shape index (κ2) is 42.0. The van der Waals surface area contributed by atoms with E-state index in [9.17, 15) is 14.4 Å². The van der Waals surface area contributed by atoms with E-state index in [1.807, 2.05) is 0 Å². The Morgan fingerprint density at radius 1 is 0.364 bits per heavy atom. The molecular weight excluding hydrogens is 683 g/mol. The Balaban J connectivity index is 4.12. The standard InChI is InChI=1S/C49H95NO5/c1-6-11-22-32-45(33-23-12-7-2)36-30-43-54-48(52)39-26-18-16-20-28-41-50(47(51)38-15-10-5)42-29-21-17-19-27-40-49(53)55-44-31-37-46(34-24-13-8-3)35-25-14-9-4/h45-46H,6-44H2,1-5H3. The van der Waals surface area contributed by atoms with Crippen molar-refractivity contribution >= 4 is 17.8 Å². The first kappa shape index (κ1) is 53.4. The van der Waals surface area contributed by atoms with Gasteiger partial charge in [-0.2, -0.15) is 0 Å². The van der Waals surface area contributed by atoms with Gasteiger partial charge in [-0.1, -0.05) is 182 Å². The molecule has 0 heterocycles. The molecule has 0 aromatic heterocycles. The lowest BCUT2D eigenvalue weighted by atomic mass is 9.91. The molecule has 0 saturated heterocycles. The number of carbonyl (C=O) groups excluding carboxylic acids is 3. The molecule has 0 aromatic carbocycles. The van der Waals surface area contributed by atoms with Crippen LogP contribution >= 0.6 is 0 Å². The third-order valence-corrected chi connectivity index (χ3v) is 11.6. The van der Waals surface area contributed by atoms with Gasteiger partial charge in [0.25, 0.3) is 0 Å². The zero-order chi connectivity index (χ0) is 40.5. The normalized spacial score (nSPS) is 11.5. The Kier molecular flexibility index (Phi) is 40.8. The fraction of sp³-hybridized carbons (Fsp3) is 0.939.